The van der Waals surface area contributed by atoms with E-state index in [4.69, 9.17) is 0 Å². The monoisotopic (exact) mass is 428 g/mol. The van der Waals surface area contributed by atoms with Crippen molar-refractivity contribution in [2.45, 2.75) is 6.18 Å². The number of alkyl halides is 3. The number of hydrazine groups is 1. The zero-order valence-corrected chi connectivity index (χ0v) is 15.7. The number of amides is 2. The van der Waals surface area contributed by atoms with Crippen molar-refractivity contribution in [3.8, 4) is 11.5 Å². The molecule has 2 amide bonds. The van der Waals surface area contributed by atoms with Crippen LogP contribution in [0.1, 0.15) is 26.4 Å². The highest BCUT2D eigenvalue weighted by Gasteiger charge is 2.31. The van der Waals surface area contributed by atoms with Gasteiger partial charge in [-0.05, 0) is 42.5 Å². The molecule has 3 heterocycles. The van der Waals surface area contributed by atoms with Gasteiger partial charge in [-0.3, -0.25) is 20.4 Å². The number of nitrogens with one attached hydrogen (secondary N) is 3. The van der Waals surface area contributed by atoms with Crippen LogP contribution in [-0.4, -0.2) is 31.1 Å². The molecule has 0 unspecified atom stereocenters. The minimum absolute atomic E-state index is 0.0420. The van der Waals surface area contributed by atoms with E-state index < -0.39 is 23.6 Å². The van der Waals surface area contributed by atoms with E-state index >= 15 is 0 Å². The number of benzene rings is 1. The van der Waals surface area contributed by atoms with E-state index in [0.29, 0.717) is 0 Å². The lowest BCUT2D eigenvalue weighted by atomic mass is 10.2. The molecule has 3 aromatic heterocycles. The van der Waals surface area contributed by atoms with Crippen LogP contribution in [0.25, 0.3) is 11.5 Å². The van der Waals surface area contributed by atoms with Crippen LogP contribution in [0.5, 0.6) is 0 Å². The van der Waals surface area contributed by atoms with E-state index in [-0.39, 0.29) is 22.8 Å². The van der Waals surface area contributed by atoms with Gasteiger partial charge in [0, 0.05) is 18.6 Å². The second-order valence-corrected chi connectivity index (χ2v) is 6.42. The van der Waals surface area contributed by atoms with Crippen molar-refractivity contribution in [3.63, 3.8) is 0 Å². The number of H-pyrrole nitrogens is 1. The molecule has 4 rings (SSSR count). The molecule has 8 nitrogen and oxygen atoms in total. The Hall–Kier alpha value is -4.28. The van der Waals surface area contributed by atoms with E-state index in [2.05, 4.69) is 20.9 Å². The topological polar surface area (TPSA) is 96.7 Å². The zero-order chi connectivity index (χ0) is 22.0. The predicted molar refractivity (Wildman–Crippen MR) is 104 cm³/mol. The van der Waals surface area contributed by atoms with Gasteiger partial charge in [0.25, 0.3) is 11.8 Å². The number of nitrogens with zero attached hydrogens (tertiary/aromatic N) is 3. The molecule has 0 fully saturated rings. The minimum atomic E-state index is -4.53. The van der Waals surface area contributed by atoms with Gasteiger partial charge in [0.2, 0.25) is 0 Å². The smallest absolute Gasteiger partial charge is 0.357 e. The predicted octanol–water partition coefficient (Wildman–Crippen LogP) is 3.08. The Morgan fingerprint density at radius 1 is 0.968 bits per heavy atom. The first-order chi connectivity index (χ1) is 14.8. The fraction of sp³-hybridized carbons (Fsp3) is 0.0500. The Morgan fingerprint density at radius 2 is 1.71 bits per heavy atom. The van der Waals surface area contributed by atoms with E-state index in [1.807, 2.05) is 0 Å². The van der Waals surface area contributed by atoms with Crippen LogP contribution < -0.4 is 10.9 Å². The quantitative estimate of drug-likeness (QED) is 0.436. The number of aromatic nitrogens is 4. The highest BCUT2D eigenvalue weighted by molar-refractivity contribution is 6.00. The summed E-state index contributed by atoms with van der Waals surface area (Å²) in [6.45, 7) is 0. The van der Waals surface area contributed by atoms with E-state index in [0.717, 1.165) is 12.1 Å². The second-order valence-electron chi connectivity index (χ2n) is 6.42. The molecule has 0 spiro atoms. The fourth-order valence-electron chi connectivity index (χ4n) is 2.95. The van der Waals surface area contributed by atoms with Crippen LogP contribution in [0.4, 0.5) is 13.2 Å². The first-order valence-electron chi connectivity index (χ1n) is 8.97. The van der Waals surface area contributed by atoms with Gasteiger partial charge in [-0.15, -0.1) is 0 Å². The Morgan fingerprint density at radius 3 is 2.39 bits per heavy atom. The molecule has 0 aliphatic rings. The summed E-state index contributed by atoms with van der Waals surface area (Å²) in [5.41, 5.74) is 4.11. The first-order valence-corrected chi connectivity index (χ1v) is 8.97. The molecule has 0 saturated heterocycles. The SMILES string of the molecule is O=C(NNC(=O)c1cnn(-c2cccc(C(F)(F)F)c2)c1-n1cccc1)c1ccc[nH]1. The number of halogens is 3. The van der Waals surface area contributed by atoms with E-state index in [1.54, 1.807) is 36.8 Å². The van der Waals surface area contributed by atoms with Gasteiger partial charge in [0.15, 0.2) is 5.82 Å². The van der Waals surface area contributed by atoms with Crippen LogP contribution in [0.2, 0.25) is 0 Å². The average molecular weight is 428 g/mol. The largest absolute Gasteiger partial charge is 0.416 e. The van der Waals surface area contributed by atoms with Crippen molar-refractivity contribution < 1.29 is 22.8 Å². The normalized spacial score (nSPS) is 11.3. The zero-order valence-electron chi connectivity index (χ0n) is 15.7. The molecular weight excluding hydrogens is 413 g/mol. The van der Waals surface area contributed by atoms with Gasteiger partial charge in [0.1, 0.15) is 11.3 Å². The summed E-state index contributed by atoms with van der Waals surface area (Å²) >= 11 is 0. The summed E-state index contributed by atoms with van der Waals surface area (Å²) in [6, 6.07) is 11.1. The maximum absolute atomic E-state index is 13.1. The van der Waals surface area contributed by atoms with Crippen LogP contribution in [-0.2, 0) is 6.18 Å². The fourth-order valence-corrected chi connectivity index (χ4v) is 2.95. The summed E-state index contributed by atoms with van der Waals surface area (Å²) in [5.74, 6) is -1.05. The van der Waals surface area contributed by atoms with Gasteiger partial charge >= 0.3 is 6.18 Å². The van der Waals surface area contributed by atoms with Crippen molar-refractivity contribution in [1.29, 1.82) is 0 Å². The van der Waals surface area contributed by atoms with E-state index in [1.165, 1.54) is 33.6 Å². The van der Waals surface area contributed by atoms with Gasteiger partial charge in [-0.25, -0.2) is 4.68 Å². The number of aromatic amines is 1. The maximum Gasteiger partial charge on any atom is 0.416 e. The molecule has 0 saturated carbocycles. The molecule has 4 aromatic rings. The van der Waals surface area contributed by atoms with Gasteiger partial charge in [0.05, 0.1) is 17.4 Å². The van der Waals surface area contributed by atoms with Crippen molar-refractivity contribution in [2.75, 3.05) is 0 Å². The lowest BCUT2D eigenvalue weighted by Gasteiger charge is -2.13. The second kappa shape index (κ2) is 7.86. The molecular formula is C20H15F3N6O2. The van der Waals surface area contributed by atoms with E-state index in [9.17, 15) is 22.8 Å². The summed E-state index contributed by atoms with van der Waals surface area (Å²) in [4.78, 5) is 27.4. The molecule has 0 aliphatic heterocycles. The third-order valence-corrected chi connectivity index (χ3v) is 4.39. The van der Waals surface area contributed by atoms with Crippen LogP contribution >= 0.6 is 0 Å². The Labute approximate surface area is 173 Å². The molecule has 0 radical (unpaired) electrons. The highest BCUT2D eigenvalue weighted by atomic mass is 19.4. The first kappa shape index (κ1) is 20.0. The number of carbonyl (C=O) groups is 2. The van der Waals surface area contributed by atoms with Crippen LogP contribution in [0.15, 0.2) is 73.3 Å². The van der Waals surface area contributed by atoms with Gasteiger partial charge in [-0.1, -0.05) is 6.07 Å². The molecule has 158 valence electrons. The van der Waals surface area contributed by atoms with Crippen molar-refractivity contribution in [2.24, 2.45) is 0 Å². The lowest BCUT2D eigenvalue weighted by Crippen LogP contribution is -2.42. The van der Waals surface area contributed by atoms with Crippen molar-refractivity contribution in [3.05, 3.63) is 90.1 Å². The summed E-state index contributed by atoms with van der Waals surface area (Å²) in [6.07, 6.45) is 1.48. The average Bonchev–Trinajstić information content (AvgIpc) is 3.51. The molecule has 31 heavy (non-hydrogen) atoms. The third-order valence-electron chi connectivity index (χ3n) is 4.39. The molecule has 0 atom stereocenters. The van der Waals surface area contributed by atoms with Gasteiger partial charge < -0.3 is 9.55 Å². The Kier molecular flexibility index (Phi) is 5.07. The summed E-state index contributed by atoms with van der Waals surface area (Å²) in [5, 5.41) is 4.11. The Bertz CT molecular complexity index is 1210. The standard InChI is InChI=1S/C20H15F3N6O2/c21-20(22,23)13-5-3-6-14(11-13)29-19(28-9-1-2-10-28)15(12-25-29)17(30)26-27-18(31)16-7-4-8-24-16/h1-12,24H,(H,26,30)(H,27,31). The number of rotatable bonds is 4. The number of hydrogen-bond acceptors (Lipinski definition) is 3. The molecule has 11 heteroatoms. The number of carbonyl (C=O) groups excluding carboxylic acids is 2. The van der Waals surface area contributed by atoms with Crippen LogP contribution in [0, 0.1) is 0 Å². The minimum Gasteiger partial charge on any atom is -0.357 e. The van der Waals surface area contributed by atoms with Crippen molar-refractivity contribution in [1.82, 2.24) is 30.2 Å². The molecule has 0 aliphatic carbocycles. The van der Waals surface area contributed by atoms with Crippen LogP contribution in [0.3, 0.4) is 0 Å². The van der Waals surface area contributed by atoms with Gasteiger partial charge in [-0.2, -0.15) is 18.3 Å². The molecule has 3 N–H and O–H groups in total. The number of hydrogen-bond donors (Lipinski definition) is 3. The highest BCUT2D eigenvalue weighted by Crippen LogP contribution is 2.31. The maximum atomic E-state index is 13.1. The third kappa shape index (κ3) is 4.06. The summed E-state index contributed by atoms with van der Waals surface area (Å²) in [7, 11) is 0. The Balaban J connectivity index is 1.68. The lowest BCUT2D eigenvalue weighted by molar-refractivity contribution is -0.137. The molecule has 0 bridgehead atoms. The van der Waals surface area contributed by atoms with Crippen molar-refractivity contribution >= 4 is 11.8 Å². The molecule has 1 aromatic carbocycles. The summed E-state index contributed by atoms with van der Waals surface area (Å²) < 4.78 is 42.2.